The van der Waals surface area contributed by atoms with E-state index in [9.17, 15) is 4.79 Å². The molecule has 1 aliphatic heterocycles. The highest BCUT2D eigenvalue weighted by atomic mass is 16.6. The Balaban J connectivity index is 1.82. The second kappa shape index (κ2) is 7.17. The van der Waals surface area contributed by atoms with Crippen LogP contribution in [-0.4, -0.2) is 24.7 Å². The van der Waals surface area contributed by atoms with Crippen molar-refractivity contribution in [2.24, 2.45) is 0 Å². The number of benzene rings is 1. The van der Waals surface area contributed by atoms with Gasteiger partial charge in [0.1, 0.15) is 6.61 Å². The summed E-state index contributed by atoms with van der Waals surface area (Å²) in [7, 11) is 0. The molecule has 0 saturated heterocycles. The van der Waals surface area contributed by atoms with Crippen molar-refractivity contribution in [3.05, 3.63) is 24.3 Å². The first kappa shape index (κ1) is 14.7. The Hall–Kier alpha value is -1.71. The van der Waals surface area contributed by atoms with Crippen molar-refractivity contribution < 1.29 is 14.3 Å². The molecule has 1 aliphatic rings. The number of para-hydroxylation sites is 2. The molecule has 0 fully saturated rings. The van der Waals surface area contributed by atoms with E-state index in [1.807, 2.05) is 31.2 Å². The number of hydrogen-bond donors (Lipinski definition) is 1. The fourth-order valence-corrected chi connectivity index (χ4v) is 2.26. The summed E-state index contributed by atoms with van der Waals surface area (Å²) in [4.78, 5) is 12.1. The monoisotopic (exact) mass is 277 g/mol. The van der Waals surface area contributed by atoms with Gasteiger partial charge >= 0.3 is 0 Å². The Labute approximate surface area is 120 Å². The van der Waals surface area contributed by atoms with E-state index in [0.29, 0.717) is 11.5 Å². The molecule has 0 saturated carbocycles. The summed E-state index contributed by atoms with van der Waals surface area (Å²) in [6.45, 7) is 4.48. The van der Waals surface area contributed by atoms with Crippen LogP contribution < -0.4 is 14.8 Å². The molecule has 1 heterocycles. The van der Waals surface area contributed by atoms with E-state index in [4.69, 9.17) is 9.47 Å². The maximum Gasteiger partial charge on any atom is 0.264 e. The van der Waals surface area contributed by atoms with Gasteiger partial charge in [0.25, 0.3) is 5.91 Å². The van der Waals surface area contributed by atoms with Crippen LogP contribution >= 0.6 is 0 Å². The van der Waals surface area contributed by atoms with Crippen LogP contribution in [0.15, 0.2) is 24.3 Å². The largest absolute Gasteiger partial charge is 0.485 e. The average molecular weight is 277 g/mol. The fraction of sp³-hybridized carbons (Fsp3) is 0.562. The van der Waals surface area contributed by atoms with Crippen molar-refractivity contribution in [2.75, 3.05) is 6.61 Å². The van der Waals surface area contributed by atoms with Gasteiger partial charge in [-0.2, -0.15) is 0 Å². The first-order valence-electron chi connectivity index (χ1n) is 7.39. The number of ether oxygens (including phenoxy) is 2. The number of nitrogens with one attached hydrogen (secondary N) is 1. The molecule has 1 N–H and O–H groups in total. The van der Waals surface area contributed by atoms with E-state index in [1.54, 1.807) is 0 Å². The lowest BCUT2D eigenvalue weighted by atomic mass is 10.1. The Kier molecular flexibility index (Phi) is 5.27. The molecular weight excluding hydrogens is 254 g/mol. The Bertz CT molecular complexity index is 447. The molecule has 0 aliphatic carbocycles. The van der Waals surface area contributed by atoms with Gasteiger partial charge in [-0.05, 0) is 25.5 Å². The molecule has 1 aromatic rings. The highest BCUT2D eigenvalue weighted by molar-refractivity contribution is 5.82. The molecular formula is C16H23NO3. The maximum absolute atomic E-state index is 12.1. The summed E-state index contributed by atoms with van der Waals surface area (Å²) < 4.78 is 11.2. The molecule has 0 aromatic heterocycles. The topological polar surface area (TPSA) is 47.6 Å². The molecule has 0 bridgehead atoms. The van der Waals surface area contributed by atoms with Gasteiger partial charge in [-0.15, -0.1) is 0 Å². The zero-order chi connectivity index (χ0) is 14.4. The first-order chi connectivity index (χ1) is 9.70. The van der Waals surface area contributed by atoms with E-state index in [1.165, 1.54) is 12.8 Å². The van der Waals surface area contributed by atoms with E-state index in [2.05, 4.69) is 12.2 Å². The number of unbranched alkanes of at least 4 members (excludes halogenated alkanes) is 2. The number of hydrogen-bond acceptors (Lipinski definition) is 3. The van der Waals surface area contributed by atoms with Gasteiger partial charge in [-0.25, -0.2) is 0 Å². The molecule has 2 atom stereocenters. The number of rotatable bonds is 6. The van der Waals surface area contributed by atoms with E-state index in [0.717, 1.165) is 12.8 Å². The standard InChI is InChI=1S/C16H23NO3/c1-3-4-5-8-12(2)17-16(18)15-11-19-13-9-6-7-10-14(13)20-15/h6-7,9-10,12,15H,3-5,8,11H2,1-2H3,(H,17,18). The summed E-state index contributed by atoms with van der Waals surface area (Å²) >= 11 is 0. The average Bonchev–Trinajstić information content (AvgIpc) is 2.47. The number of carbonyl (C=O) groups excluding carboxylic acids is 1. The quantitative estimate of drug-likeness (QED) is 0.813. The lowest BCUT2D eigenvalue weighted by molar-refractivity contribution is -0.131. The van der Waals surface area contributed by atoms with E-state index in [-0.39, 0.29) is 18.6 Å². The summed E-state index contributed by atoms with van der Waals surface area (Å²) in [6.07, 6.45) is 3.98. The van der Waals surface area contributed by atoms with Crippen LogP contribution in [0, 0.1) is 0 Å². The summed E-state index contributed by atoms with van der Waals surface area (Å²) in [5.74, 6) is 1.24. The van der Waals surface area contributed by atoms with Gasteiger partial charge in [0.05, 0.1) is 0 Å². The number of carbonyl (C=O) groups is 1. The van der Waals surface area contributed by atoms with Gasteiger partial charge in [-0.1, -0.05) is 38.3 Å². The Morgan fingerprint density at radius 1 is 1.35 bits per heavy atom. The number of amides is 1. The molecule has 1 amide bonds. The molecule has 0 spiro atoms. The van der Waals surface area contributed by atoms with Gasteiger partial charge in [0.15, 0.2) is 11.5 Å². The second-order valence-electron chi connectivity index (χ2n) is 5.27. The zero-order valence-corrected chi connectivity index (χ0v) is 12.2. The minimum absolute atomic E-state index is 0.0940. The molecule has 2 unspecified atom stereocenters. The summed E-state index contributed by atoms with van der Waals surface area (Å²) in [5, 5.41) is 3.00. The van der Waals surface area contributed by atoms with Gasteiger partial charge in [0, 0.05) is 6.04 Å². The minimum atomic E-state index is -0.557. The van der Waals surface area contributed by atoms with Crippen LogP contribution in [0.4, 0.5) is 0 Å². The van der Waals surface area contributed by atoms with Gasteiger partial charge in [-0.3, -0.25) is 4.79 Å². The highest BCUT2D eigenvalue weighted by Gasteiger charge is 2.27. The Morgan fingerprint density at radius 2 is 2.10 bits per heavy atom. The van der Waals surface area contributed by atoms with Crippen LogP contribution in [0.1, 0.15) is 39.5 Å². The molecule has 1 aromatic carbocycles. The third kappa shape index (κ3) is 3.89. The van der Waals surface area contributed by atoms with Crippen molar-refractivity contribution in [1.82, 2.24) is 5.32 Å². The number of fused-ring (bicyclic) bond motifs is 1. The predicted molar refractivity (Wildman–Crippen MR) is 78.1 cm³/mol. The second-order valence-corrected chi connectivity index (χ2v) is 5.27. The van der Waals surface area contributed by atoms with Crippen LogP contribution in [0.25, 0.3) is 0 Å². The molecule has 20 heavy (non-hydrogen) atoms. The zero-order valence-electron chi connectivity index (χ0n) is 12.2. The van der Waals surface area contributed by atoms with Gasteiger partial charge in [0.2, 0.25) is 6.10 Å². The lowest BCUT2D eigenvalue weighted by Crippen LogP contribution is -2.46. The maximum atomic E-state index is 12.1. The van der Waals surface area contributed by atoms with Crippen molar-refractivity contribution in [1.29, 1.82) is 0 Å². The molecule has 0 radical (unpaired) electrons. The van der Waals surface area contributed by atoms with Crippen LogP contribution in [0.5, 0.6) is 11.5 Å². The fourth-order valence-electron chi connectivity index (χ4n) is 2.26. The smallest absolute Gasteiger partial charge is 0.264 e. The SMILES string of the molecule is CCCCCC(C)NC(=O)C1COc2ccccc2O1. The van der Waals surface area contributed by atoms with Crippen LogP contribution in [-0.2, 0) is 4.79 Å². The van der Waals surface area contributed by atoms with Crippen molar-refractivity contribution in [2.45, 2.75) is 51.7 Å². The van der Waals surface area contributed by atoms with Crippen LogP contribution in [0.2, 0.25) is 0 Å². The van der Waals surface area contributed by atoms with Crippen molar-refractivity contribution >= 4 is 5.91 Å². The third-order valence-electron chi connectivity index (χ3n) is 3.43. The van der Waals surface area contributed by atoms with Crippen molar-refractivity contribution in [3.8, 4) is 11.5 Å². The molecule has 4 heteroatoms. The molecule has 2 rings (SSSR count). The Morgan fingerprint density at radius 3 is 2.85 bits per heavy atom. The van der Waals surface area contributed by atoms with Crippen molar-refractivity contribution in [3.63, 3.8) is 0 Å². The van der Waals surface area contributed by atoms with Gasteiger partial charge < -0.3 is 14.8 Å². The van der Waals surface area contributed by atoms with E-state index >= 15 is 0 Å². The lowest BCUT2D eigenvalue weighted by Gasteiger charge is -2.26. The summed E-state index contributed by atoms with van der Waals surface area (Å²) in [5.41, 5.74) is 0. The van der Waals surface area contributed by atoms with Crippen LogP contribution in [0.3, 0.4) is 0 Å². The molecule has 4 nitrogen and oxygen atoms in total. The minimum Gasteiger partial charge on any atom is -0.485 e. The first-order valence-corrected chi connectivity index (χ1v) is 7.39. The summed E-state index contributed by atoms with van der Waals surface area (Å²) in [6, 6.07) is 7.60. The third-order valence-corrected chi connectivity index (χ3v) is 3.43. The molecule has 110 valence electrons. The normalized spacial score (nSPS) is 18.4. The predicted octanol–water partition coefficient (Wildman–Crippen LogP) is 2.91. The van der Waals surface area contributed by atoms with E-state index < -0.39 is 6.10 Å². The highest BCUT2D eigenvalue weighted by Crippen LogP contribution is 2.30.